The Labute approximate surface area is 159 Å². The fourth-order valence-corrected chi connectivity index (χ4v) is 2.94. The van der Waals surface area contributed by atoms with E-state index >= 15 is 0 Å². The van der Waals surface area contributed by atoms with Crippen molar-refractivity contribution in [1.29, 1.82) is 0 Å². The van der Waals surface area contributed by atoms with Crippen LogP contribution >= 0.6 is 0 Å². The van der Waals surface area contributed by atoms with Gasteiger partial charge in [-0.1, -0.05) is 36.4 Å². The number of aryl methyl sites for hydroxylation is 2. The molecule has 0 aliphatic rings. The third-order valence-corrected chi connectivity index (χ3v) is 4.46. The number of anilines is 1. The van der Waals surface area contributed by atoms with Gasteiger partial charge in [-0.05, 0) is 31.5 Å². The lowest BCUT2D eigenvalue weighted by molar-refractivity contribution is -0.117. The van der Waals surface area contributed by atoms with Crippen LogP contribution in [0.2, 0.25) is 0 Å². The third kappa shape index (κ3) is 5.24. The van der Waals surface area contributed by atoms with Crippen LogP contribution in [-0.2, 0) is 24.9 Å². The summed E-state index contributed by atoms with van der Waals surface area (Å²) in [6.45, 7) is 5.47. The van der Waals surface area contributed by atoms with Gasteiger partial charge in [0.25, 0.3) is 0 Å². The van der Waals surface area contributed by atoms with Crippen LogP contribution in [0.25, 0.3) is 0 Å². The van der Waals surface area contributed by atoms with Gasteiger partial charge in [-0.15, -0.1) is 0 Å². The van der Waals surface area contributed by atoms with Gasteiger partial charge in [0.2, 0.25) is 5.91 Å². The van der Waals surface area contributed by atoms with E-state index in [9.17, 15) is 4.79 Å². The van der Waals surface area contributed by atoms with Crippen molar-refractivity contribution in [3.63, 3.8) is 0 Å². The fraction of sp³-hybridized carbons (Fsp3) is 0.286. The van der Waals surface area contributed by atoms with Crippen molar-refractivity contribution in [3.8, 4) is 0 Å². The molecule has 0 saturated carbocycles. The number of hydrogen-bond donors (Lipinski definition) is 1. The maximum atomic E-state index is 12.6. The summed E-state index contributed by atoms with van der Waals surface area (Å²) >= 11 is 0. The highest BCUT2D eigenvalue weighted by Gasteiger charge is 2.15. The Balaban J connectivity index is 1.72. The average Bonchev–Trinajstić information content (AvgIpc) is 2.94. The summed E-state index contributed by atoms with van der Waals surface area (Å²) in [6, 6.07) is 16.1. The molecule has 27 heavy (non-hydrogen) atoms. The molecular weight excluding hydrogens is 338 g/mol. The highest BCUT2D eigenvalue weighted by atomic mass is 16.2. The maximum absolute atomic E-state index is 12.6. The summed E-state index contributed by atoms with van der Waals surface area (Å²) in [5.41, 5.74) is 4.77. The molecule has 1 aromatic carbocycles. The zero-order chi connectivity index (χ0) is 19.2. The maximum Gasteiger partial charge on any atom is 0.238 e. The summed E-state index contributed by atoms with van der Waals surface area (Å²) in [6.07, 6.45) is 1.68. The Morgan fingerprint density at radius 2 is 1.85 bits per heavy atom. The van der Waals surface area contributed by atoms with Crippen LogP contribution in [0.5, 0.6) is 0 Å². The van der Waals surface area contributed by atoms with Gasteiger partial charge in [0.05, 0.1) is 29.8 Å². The highest BCUT2D eigenvalue weighted by Crippen LogP contribution is 2.13. The van der Waals surface area contributed by atoms with Gasteiger partial charge in [0, 0.05) is 25.8 Å². The summed E-state index contributed by atoms with van der Waals surface area (Å²) in [7, 11) is 1.86. The van der Waals surface area contributed by atoms with Gasteiger partial charge in [-0.25, -0.2) is 0 Å². The molecule has 140 valence electrons. The molecule has 0 atom stereocenters. The number of carbonyl (C=O) groups is 1. The molecule has 0 saturated heterocycles. The SMILES string of the molecule is Cc1cccc(CN(CC(=O)Nc2cnn(C)c2C)Cc2ccccc2)n1. The van der Waals surface area contributed by atoms with E-state index in [4.69, 9.17) is 0 Å². The highest BCUT2D eigenvalue weighted by molar-refractivity contribution is 5.92. The van der Waals surface area contributed by atoms with Crippen LogP contribution in [0.1, 0.15) is 22.6 Å². The van der Waals surface area contributed by atoms with Crippen LogP contribution in [0, 0.1) is 13.8 Å². The van der Waals surface area contributed by atoms with Crippen molar-refractivity contribution >= 4 is 11.6 Å². The van der Waals surface area contributed by atoms with E-state index in [1.54, 1.807) is 10.9 Å². The fourth-order valence-electron chi connectivity index (χ4n) is 2.94. The first-order valence-electron chi connectivity index (χ1n) is 8.98. The van der Waals surface area contributed by atoms with Gasteiger partial charge in [-0.2, -0.15) is 5.10 Å². The predicted octanol–water partition coefficient (Wildman–Crippen LogP) is 3.07. The molecule has 0 bridgehead atoms. The second-order valence-corrected chi connectivity index (χ2v) is 6.72. The minimum atomic E-state index is -0.0605. The smallest absolute Gasteiger partial charge is 0.238 e. The van der Waals surface area contributed by atoms with Crippen LogP contribution < -0.4 is 5.32 Å². The number of benzene rings is 1. The van der Waals surface area contributed by atoms with Gasteiger partial charge in [0.1, 0.15) is 0 Å². The second-order valence-electron chi connectivity index (χ2n) is 6.72. The van der Waals surface area contributed by atoms with Gasteiger partial charge >= 0.3 is 0 Å². The minimum absolute atomic E-state index is 0.0605. The monoisotopic (exact) mass is 363 g/mol. The summed E-state index contributed by atoms with van der Waals surface area (Å²) in [5.74, 6) is -0.0605. The number of rotatable bonds is 7. The standard InChI is InChI=1S/C21H25N5O/c1-16-8-7-11-19(23-16)14-26(13-18-9-5-4-6-10-18)15-21(27)24-20-12-22-25(3)17(20)2/h4-12H,13-15H2,1-3H3,(H,24,27). The van der Waals surface area contributed by atoms with Crippen molar-refractivity contribution < 1.29 is 4.79 Å². The number of amides is 1. The van der Waals surface area contributed by atoms with Crippen molar-refractivity contribution in [2.24, 2.45) is 7.05 Å². The molecule has 6 heteroatoms. The Hall–Kier alpha value is -2.99. The van der Waals surface area contributed by atoms with E-state index in [0.29, 0.717) is 13.1 Å². The molecular formula is C21H25N5O. The Morgan fingerprint density at radius 3 is 2.52 bits per heavy atom. The number of carbonyl (C=O) groups excluding carboxylic acids is 1. The summed E-state index contributed by atoms with van der Waals surface area (Å²) < 4.78 is 1.74. The molecule has 1 N–H and O–H groups in total. The molecule has 3 rings (SSSR count). The Bertz CT molecular complexity index is 904. The molecule has 0 fully saturated rings. The first kappa shape index (κ1) is 18.8. The molecule has 0 radical (unpaired) electrons. The van der Waals surface area contributed by atoms with Crippen LogP contribution in [0.15, 0.2) is 54.7 Å². The molecule has 2 aromatic heterocycles. The largest absolute Gasteiger partial charge is 0.322 e. The lowest BCUT2D eigenvalue weighted by Crippen LogP contribution is -2.33. The molecule has 0 spiro atoms. The second kappa shape index (κ2) is 8.60. The topological polar surface area (TPSA) is 63.1 Å². The van der Waals surface area contributed by atoms with Crippen LogP contribution in [-0.4, -0.2) is 32.1 Å². The van der Waals surface area contributed by atoms with Gasteiger partial charge in [0.15, 0.2) is 0 Å². The third-order valence-electron chi connectivity index (χ3n) is 4.46. The normalized spacial score (nSPS) is 11.0. The first-order valence-corrected chi connectivity index (χ1v) is 8.98. The van der Waals surface area contributed by atoms with E-state index < -0.39 is 0 Å². The first-order chi connectivity index (χ1) is 13.0. The van der Waals surface area contributed by atoms with Gasteiger partial charge in [-0.3, -0.25) is 19.4 Å². The van der Waals surface area contributed by atoms with Crippen LogP contribution in [0.3, 0.4) is 0 Å². The van der Waals surface area contributed by atoms with Crippen molar-refractivity contribution in [2.75, 3.05) is 11.9 Å². The van der Waals surface area contributed by atoms with Gasteiger partial charge < -0.3 is 5.32 Å². The number of pyridine rings is 1. The van der Waals surface area contributed by atoms with E-state index in [-0.39, 0.29) is 12.5 Å². The number of aromatic nitrogens is 3. The van der Waals surface area contributed by atoms with E-state index in [0.717, 1.165) is 28.3 Å². The zero-order valence-electron chi connectivity index (χ0n) is 16.0. The molecule has 1 amide bonds. The lowest BCUT2D eigenvalue weighted by atomic mass is 10.2. The molecule has 0 unspecified atom stereocenters. The summed E-state index contributed by atoms with van der Waals surface area (Å²) in [4.78, 5) is 19.3. The zero-order valence-corrected chi connectivity index (χ0v) is 16.0. The minimum Gasteiger partial charge on any atom is -0.322 e. The molecule has 0 aliphatic heterocycles. The average molecular weight is 363 g/mol. The van der Waals surface area contributed by atoms with E-state index in [1.807, 2.05) is 57.3 Å². The van der Waals surface area contributed by atoms with Crippen molar-refractivity contribution in [3.05, 3.63) is 77.4 Å². The number of nitrogens with zero attached hydrogens (tertiary/aromatic N) is 4. The molecule has 2 heterocycles. The van der Waals surface area contributed by atoms with E-state index in [1.165, 1.54) is 0 Å². The van der Waals surface area contributed by atoms with E-state index in [2.05, 4.69) is 32.4 Å². The Morgan fingerprint density at radius 1 is 1.07 bits per heavy atom. The Kier molecular flexibility index (Phi) is 5.98. The summed E-state index contributed by atoms with van der Waals surface area (Å²) in [5, 5.41) is 7.13. The molecule has 0 aliphatic carbocycles. The quantitative estimate of drug-likeness (QED) is 0.701. The number of nitrogens with one attached hydrogen (secondary N) is 1. The molecule has 6 nitrogen and oxygen atoms in total. The van der Waals surface area contributed by atoms with Crippen molar-refractivity contribution in [2.45, 2.75) is 26.9 Å². The van der Waals surface area contributed by atoms with Crippen LogP contribution in [0.4, 0.5) is 5.69 Å². The number of hydrogen-bond acceptors (Lipinski definition) is 4. The predicted molar refractivity (Wildman–Crippen MR) is 106 cm³/mol. The van der Waals surface area contributed by atoms with Crippen molar-refractivity contribution in [1.82, 2.24) is 19.7 Å². The molecule has 3 aromatic rings. The lowest BCUT2D eigenvalue weighted by Gasteiger charge is -2.22.